The Hall–Kier alpha value is -1.89. The van der Waals surface area contributed by atoms with Gasteiger partial charge in [-0.05, 0) is 31.6 Å². The first-order chi connectivity index (χ1) is 11.9. The van der Waals surface area contributed by atoms with E-state index in [-0.39, 0.29) is 30.1 Å². The van der Waals surface area contributed by atoms with Crippen molar-refractivity contribution in [1.29, 1.82) is 0 Å². The lowest BCUT2D eigenvalue weighted by atomic mass is 9.76. The molecule has 0 radical (unpaired) electrons. The Bertz CT molecular complexity index is 733. The number of benzene rings is 1. The molecule has 0 spiro atoms. The van der Waals surface area contributed by atoms with Gasteiger partial charge < -0.3 is 23.8 Å². The summed E-state index contributed by atoms with van der Waals surface area (Å²) >= 11 is 0. The Morgan fingerprint density at radius 3 is 2.72 bits per heavy atom. The smallest absolute Gasteiger partial charge is 0.266 e. The number of piperidine rings is 1. The fraction of sp³-hybridized carbons (Fsp3) is 0.526. The van der Waals surface area contributed by atoms with Crippen molar-refractivity contribution in [3.8, 4) is 5.75 Å². The molecule has 25 heavy (non-hydrogen) atoms. The Labute approximate surface area is 146 Å². The quantitative estimate of drug-likeness (QED) is 0.604. The van der Waals surface area contributed by atoms with Crippen molar-refractivity contribution in [3.63, 3.8) is 0 Å². The molecule has 4 fully saturated rings. The van der Waals surface area contributed by atoms with Gasteiger partial charge >= 0.3 is 0 Å². The molecule has 1 aromatic rings. The first-order valence-corrected chi connectivity index (χ1v) is 8.65. The summed E-state index contributed by atoms with van der Waals surface area (Å²) in [6.45, 7) is 8.47. The number of β-lactam (4-membered cyclic amide) rings is 1. The van der Waals surface area contributed by atoms with Crippen molar-refractivity contribution in [2.75, 3.05) is 6.54 Å². The lowest BCUT2D eigenvalue weighted by molar-refractivity contribution is -0.231. The highest BCUT2D eigenvalue weighted by Gasteiger charge is 2.66. The molecule has 1 aromatic carbocycles. The lowest BCUT2D eigenvalue weighted by Crippen LogP contribution is -2.74. The van der Waals surface area contributed by atoms with Crippen molar-refractivity contribution in [1.82, 2.24) is 4.90 Å². The van der Waals surface area contributed by atoms with Crippen molar-refractivity contribution in [2.24, 2.45) is 5.92 Å². The maximum absolute atomic E-state index is 12.5. The Balaban J connectivity index is 1.40. The van der Waals surface area contributed by atoms with E-state index < -0.39 is 18.2 Å². The van der Waals surface area contributed by atoms with Crippen LogP contribution in [0.3, 0.4) is 0 Å². The number of para-hydroxylation sites is 1. The van der Waals surface area contributed by atoms with E-state index in [2.05, 4.69) is 6.58 Å². The third-order valence-electron chi connectivity index (χ3n) is 5.47. The van der Waals surface area contributed by atoms with Crippen LogP contribution < -0.4 is 4.74 Å². The molecule has 0 saturated carbocycles. The van der Waals surface area contributed by atoms with E-state index >= 15 is 0 Å². The van der Waals surface area contributed by atoms with Gasteiger partial charge in [0.1, 0.15) is 17.9 Å². The third-order valence-corrected chi connectivity index (χ3v) is 5.47. The molecule has 4 saturated heterocycles. The predicted octanol–water partition coefficient (Wildman–Crippen LogP) is 1.71. The number of hydrogen-bond acceptors (Lipinski definition) is 5. The molecule has 0 bridgehead atoms. The number of carbonyl (C=O) groups excluding carboxylic acids is 1. The van der Waals surface area contributed by atoms with Crippen LogP contribution in [0.1, 0.15) is 13.8 Å². The number of nitrogens with zero attached hydrogens (tertiary/aromatic N) is 1. The molecule has 0 aliphatic carbocycles. The minimum absolute atomic E-state index is 0.0167. The van der Waals surface area contributed by atoms with E-state index in [0.29, 0.717) is 12.3 Å². The molecule has 4 aliphatic heterocycles. The van der Waals surface area contributed by atoms with Gasteiger partial charge in [0.2, 0.25) is 0 Å². The lowest BCUT2D eigenvalue weighted by Gasteiger charge is -2.54. The van der Waals surface area contributed by atoms with E-state index in [0.717, 1.165) is 5.57 Å². The fourth-order valence-corrected chi connectivity index (χ4v) is 4.45. The molecule has 0 aromatic heterocycles. The van der Waals surface area contributed by atoms with Crippen LogP contribution in [0.2, 0.25) is 0 Å². The highest BCUT2D eigenvalue weighted by Crippen LogP contribution is 2.50. The number of hydrogen-bond donors (Lipinski definition) is 0. The first-order valence-electron chi connectivity index (χ1n) is 8.65. The molecule has 0 unspecified atom stereocenters. The van der Waals surface area contributed by atoms with Gasteiger partial charge in [-0.25, -0.2) is 0 Å². The minimum Gasteiger partial charge on any atom is -0.478 e. The monoisotopic (exact) mass is 343 g/mol. The van der Waals surface area contributed by atoms with E-state index in [9.17, 15) is 4.79 Å². The van der Waals surface area contributed by atoms with Gasteiger partial charge in [0.25, 0.3) is 5.91 Å². The van der Waals surface area contributed by atoms with E-state index in [1.165, 1.54) is 0 Å². The Morgan fingerprint density at radius 1 is 1.20 bits per heavy atom. The van der Waals surface area contributed by atoms with Gasteiger partial charge in [0, 0.05) is 12.5 Å². The number of ether oxygens (including phenoxy) is 4. The summed E-state index contributed by atoms with van der Waals surface area (Å²) in [6.07, 6.45) is -1.34. The number of rotatable bonds is 2. The van der Waals surface area contributed by atoms with Gasteiger partial charge in [-0.1, -0.05) is 24.8 Å². The Morgan fingerprint density at radius 2 is 1.96 bits per heavy atom. The van der Waals surface area contributed by atoms with E-state index in [4.69, 9.17) is 18.9 Å². The van der Waals surface area contributed by atoms with Crippen LogP contribution in [0, 0.1) is 5.92 Å². The number of fused-ring (bicyclic) bond motifs is 5. The number of amides is 1. The summed E-state index contributed by atoms with van der Waals surface area (Å²) in [5.74, 6) is 0.0279. The predicted molar refractivity (Wildman–Crippen MR) is 87.7 cm³/mol. The third kappa shape index (κ3) is 2.18. The molecule has 6 nitrogen and oxygen atoms in total. The second-order valence-electron chi connectivity index (χ2n) is 7.56. The molecule has 4 aliphatic rings. The van der Waals surface area contributed by atoms with Crippen LogP contribution in [0.5, 0.6) is 5.75 Å². The summed E-state index contributed by atoms with van der Waals surface area (Å²) in [7, 11) is 0. The van der Waals surface area contributed by atoms with Crippen LogP contribution in [0.25, 0.3) is 0 Å². The second-order valence-corrected chi connectivity index (χ2v) is 7.56. The van der Waals surface area contributed by atoms with E-state index in [1.807, 2.05) is 44.2 Å². The molecule has 132 valence electrons. The molecule has 6 heteroatoms. The zero-order chi connectivity index (χ0) is 17.3. The normalized spacial score (nSPS) is 41.0. The number of carbonyl (C=O) groups is 1. The molecule has 5 rings (SSSR count). The van der Waals surface area contributed by atoms with Crippen LogP contribution in [0.4, 0.5) is 0 Å². The summed E-state index contributed by atoms with van der Waals surface area (Å²) in [6, 6.07) is 9.27. The average molecular weight is 343 g/mol. The zero-order valence-electron chi connectivity index (χ0n) is 14.3. The topological polar surface area (TPSA) is 57.2 Å². The van der Waals surface area contributed by atoms with Crippen LogP contribution in [0.15, 0.2) is 42.5 Å². The largest absolute Gasteiger partial charge is 0.478 e. The highest BCUT2D eigenvalue weighted by atomic mass is 16.8. The molecule has 0 N–H and O–H groups in total. The van der Waals surface area contributed by atoms with E-state index in [1.54, 1.807) is 4.90 Å². The standard InChI is InChI=1S/C19H21NO5/c1-10-9-20-13(16(17(20)21)22-11-7-5-4-6-8-11)14-12(10)15-18(23-14)25-19(2,3)24-15/h4-8,12-16,18H,1,9H2,2-3H3/t12-,13-,14-,15+,16+,18+/m0/s1. The van der Waals surface area contributed by atoms with Crippen molar-refractivity contribution < 1.29 is 23.7 Å². The summed E-state index contributed by atoms with van der Waals surface area (Å²) in [4.78, 5) is 14.3. The van der Waals surface area contributed by atoms with Crippen LogP contribution >= 0.6 is 0 Å². The molecule has 1 amide bonds. The van der Waals surface area contributed by atoms with Gasteiger partial charge in [-0.15, -0.1) is 0 Å². The van der Waals surface area contributed by atoms with Crippen molar-refractivity contribution in [2.45, 2.75) is 50.3 Å². The Kier molecular flexibility index (Phi) is 3.11. The summed E-state index contributed by atoms with van der Waals surface area (Å²) in [5.41, 5.74) is 0.960. The zero-order valence-corrected chi connectivity index (χ0v) is 14.3. The molecule has 4 heterocycles. The molecular weight excluding hydrogens is 322 g/mol. The van der Waals surface area contributed by atoms with Gasteiger partial charge in [-0.2, -0.15) is 0 Å². The first kappa shape index (κ1) is 15.4. The van der Waals surface area contributed by atoms with Gasteiger partial charge in [0.05, 0.1) is 6.10 Å². The molecule has 6 atom stereocenters. The summed E-state index contributed by atoms with van der Waals surface area (Å²) < 4.78 is 24.0. The van der Waals surface area contributed by atoms with Crippen LogP contribution in [-0.2, 0) is 19.0 Å². The SMILES string of the molecule is C=C1CN2C(=O)[C@H](Oc3ccccc3)[C@@H]2[C@H]2O[C@@H]3OC(C)(C)O[C@@H]3[C@@H]12. The highest BCUT2D eigenvalue weighted by molar-refractivity contribution is 5.89. The maximum atomic E-state index is 12.5. The van der Waals surface area contributed by atoms with Crippen molar-refractivity contribution >= 4 is 5.91 Å². The fourth-order valence-electron chi connectivity index (χ4n) is 4.45. The second kappa shape index (κ2) is 5.06. The summed E-state index contributed by atoms with van der Waals surface area (Å²) in [5, 5.41) is 0. The average Bonchev–Trinajstić information content (AvgIpc) is 3.05. The molecular formula is C19H21NO5. The van der Waals surface area contributed by atoms with Gasteiger partial charge in [0.15, 0.2) is 18.2 Å². The minimum atomic E-state index is -0.660. The van der Waals surface area contributed by atoms with Crippen LogP contribution in [-0.4, -0.2) is 53.8 Å². The van der Waals surface area contributed by atoms with Crippen molar-refractivity contribution in [3.05, 3.63) is 42.5 Å². The maximum Gasteiger partial charge on any atom is 0.266 e. The van der Waals surface area contributed by atoms with Gasteiger partial charge in [-0.3, -0.25) is 4.79 Å².